The Morgan fingerprint density at radius 3 is 2.53 bits per heavy atom. The van der Waals surface area contributed by atoms with Crippen molar-refractivity contribution in [2.75, 3.05) is 26.0 Å². The molecular formula is C22H24F3N3O2. The zero-order valence-electron chi connectivity index (χ0n) is 16.9. The molecule has 0 saturated carbocycles. The zero-order chi connectivity index (χ0) is 21.9. The van der Waals surface area contributed by atoms with Crippen LogP contribution in [0.25, 0.3) is 0 Å². The SMILES string of the molecule is CN(C)Cc1cccc(NC(=O)[C@H]2CC(=O)N(Cc3cccc(C(F)(F)F)c3)C2)c1. The third-order valence-electron chi connectivity index (χ3n) is 4.91. The van der Waals surface area contributed by atoms with Crippen molar-refractivity contribution in [3.05, 3.63) is 65.2 Å². The molecule has 160 valence electrons. The van der Waals surface area contributed by atoms with Crippen LogP contribution in [0.1, 0.15) is 23.1 Å². The number of anilines is 1. The first-order valence-corrected chi connectivity index (χ1v) is 9.60. The molecule has 8 heteroatoms. The minimum Gasteiger partial charge on any atom is -0.338 e. The summed E-state index contributed by atoms with van der Waals surface area (Å²) in [6.45, 7) is 0.958. The fourth-order valence-electron chi connectivity index (χ4n) is 3.52. The number of nitrogens with one attached hydrogen (secondary N) is 1. The highest BCUT2D eigenvalue weighted by atomic mass is 19.4. The molecule has 0 bridgehead atoms. The molecule has 3 rings (SSSR count). The first-order valence-electron chi connectivity index (χ1n) is 9.60. The summed E-state index contributed by atoms with van der Waals surface area (Å²) in [5.41, 5.74) is 1.34. The summed E-state index contributed by atoms with van der Waals surface area (Å²) >= 11 is 0. The molecule has 0 spiro atoms. The molecule has 1 atom stereocenters. The molecule has 2 amide bonds. The van der Waals surface area contributed by atoms with Gasteiger partial charge in [-0.2, -0.15) is 13.2 Å². The number of hydrogen-bond donors (Lipinski definition) is 1. The summed E-state index contributed by atoms with van der Waals surface area (Å²) in [6.07, 6.45) is -4.39. The molecule has 1 N–H and O–H groups in total. The van der Waals surface area contributed by atoms with Gasteiger partial charge in [-0.05, 0) is 49.5 Å². The molecule has 1 aliphatic heterocycles. The average molecular weight is 419 g/mol. The predicted molar refractivity (Wildman–Crippen MR) is 107 cm³/mol. The molecule has 1 heterocycles. The standard InChI is InChI=1S/C22H24F3N3O2/c1-27(2)12-16-6-4-8-19(10-16)26-21(30)17-11-20(29)28(14-17)13-15-5-3-7-18(9-15)22(23,24)25/h3-10,17H,11-14H2,1-2H3,(H,26,30)/t17-/m0/s1. The number of nitrogens with zero attached hydrogens (tertiary/aromatic N) is 2. The molecule has 5 nitrogen and oxygen atoms in total. The quantitative estimate of drug-likeness (QED) is 0.776. The summed E-state index contributed by atoms with van der Waals surface area (Å²) in [5, 5.41) is 2.85. The lowest BCUT2D eigenvalue weighted by Crippen LogP contribution is -2.28. The Bertz CT molecular complexity index is 928. The van der Waals surface area contributed by atoms with E-state index < -0.39 is 17.7 Å². The van der Waals surface area contributed by atoms with E-state index in [0.29, 0.717) is 11.3 Å². The van der Waals surface area contributed by atoms with Crippen LogP contribution in [0.5, 0.6) is 0 Å². The van der Waals surface area contributed by atoms with Crippen LogP contribution in [0.2, 0.25) is 0 Å². The van der Waals surface area contributed by atoms with Gasteiger partial charge in [-0.25, -0.2) is 0 Å². The summed E-state index contributed by atoms with van der Waals surface area (Å²) in [4.78, 5) is 28.4. The van der Waals surface area contributed by atoms with Crippen LogP contribution in [0, 0.1) is 5.92 Å². The summed E-state index contributed by atoms with van der Waals surface area (Å²) in [7, 11) is 3.91. The maximum atomic E-state index is 12.9. The number of hydrogen-bond acceptors (Lipinski definition) is 3. The zero-order valence-corrected chi connectivity index (χ0v) is 16.9. The first kappa shape index (κ1) is 21.8. The van der Waals surface area contributed by atoms with Crippen molar-refractivity contribution in [1.82, 2.24) is 9.80 Å². The van der Waals surface area contributed by atoms with E-state index in [-0.39, 0.29) is 31.3 Å². The highest BCUT2D eigenvalue weighted by molar-refractivity contribution is 5.97. The van der Waals surface area contributed by atoms with Crippen LogP contribution >= 0.6 is 0 Å². The lowest BCUT2D eigenvalue weighted by atomic mass is 10.1. The average Bonchev–Trinajstić information content (AvgIpc) is 3.02. The Labute approximate surface area is 173 Å². The van der Waals surface area contributed by atoms with Gasteiger partial charge >= 0.3 is 6.18 Å². The largest absolute Gasteiger partial charge is 0.416 e. The Balaban J connectivity index is 1.62. The van der Waals surface area contributed by atoms with Crippen molar-refractivity contribution in [3.8, 4) is 0 Å². The van der Waals surface area contributed by atoms with Crippen molar-refractivity contribution >= 4 is 17.5 Å². The molecule has 1 aliphatic rings. The van der Waals surface area contributed by atoms with Gasteiger partial charge in [0, 0.05) is 31.7 Å². The molecule has 2 aromatic carbocycles. The van der Waals surface area contributed by atoms with Crippen LogP contribution in [-0.4, -0.2) is 42.3 Å². The van der Waals surface area contributed by atoms with Gasteiger partial charge in [0.05, 0.1) is 11.5 Å². The molecule has 0 radical (unpaired) electrons. The van der Waals surface area contributed by atoms with Gasteiger partial charge in [0.1, 0.15) is 0 Å². The molecule has 0 aromatic heterocycles. The van der Waals surface area contributed by atoms with Crippen molar-refractivity contribution in [2.24, 2.45) is 5.92 Å². The Hall–Kier alpha value is -2.87. The summed E-state index contributed by atoms with van der Waals surface area (Å²) in [6, 6.07) is 12.4. The maximum absolute atomic E-state index is 12.9. The van der Waals surface area contributed by atoms with Crippen LogP contribution < -0.4 is 5.32 Å². The molecule has 1 fully saturated rings. The second-order valence-electron chi connectivity index (χ2n) is 7.80. The number of likely N-dealkylation sites (tertiary alicyclic amines) is 1. The Kier molecular flexibility index (Phi) is 6.45. The van der Waals surface area contributed by atoms with Crippen LogP contribution in [0.3, 0.4) is 0 Å². The topological polar surface area (TPSA) is 52.7 Å². The normalized spacial score (nSPS) is 16.9. The van der Waals surface area contributed by atoms with E-state index in [1.54, 1.807) is 12.1 Å². The number of rotatable bonds is 6. The second kappa shape index (κ2) is 8.87. The third-order valence-corrected chi connectivity index (χ3v) is 4.91. The van der Waals surface area contributed by atoms with Gasteiger partial charge in [-0.3, -0.25) is 9.59 Å². The smallest absolute Gasteiger partial charge is 0.338 e. The number of benzene rings is 2. The Morgan fingerprint density at radius 1 is 1.13 bits per heavy atom. The highest BCUT2D eigenvalue weighted by Gasteiger charge is 2.35. The van der Waals surface area contributed by atoms with Crippen LogP contribution in [0.15, 0.2) is 48.5 Å². The van der Waals surface area contributed by atoms with Crippen molar-refractivity contribution in [1.29, 1.82) is 0 Å². The molecule has 0 aliphatic carbocycles. The van der Waals surface area contributed by atoms with Crippen molar-refractivity contribution in [3.63, 3.8) is 0 Å². The third kappa shape index (κ3) is 5.60. The van der Waals surface area contributed by atoms with E-state index in [0.717, 1.165) is 24.2 Å². The van der Waals surface area contributed by atoms with Crippen molar-refractivity contribution < 1.29 is 22.8 Å². The summed E-state index contributed by atoms with van der Waals surface area (Å²) in [5.74, 6) is -1.05. The van der Waals surface area contributed by atoms with Gasteiger partial charge in [-0.15, -0.1) is 0 Å². The van der Waals surface area contributed by atoms with E-state index in [2.05, 4.69) is 5.32 Å². The molecule has 1 saturated heterocycles. The molecule has 2 aromatic rings. The number of amides is 2. The van der Waals surface area contributed by atoms with Crippen LogP contribution in [0.4, 0.5) is 18.9 Å². The van der Waals surface area contributed by atoms with Gasteiger partial charge in [0.2, 0.25) is 11.8 Å². The number of carbonyl (C=O) groups is 2. The lowest BCUT2D eigenvalue weighted by Gasteiger charge is -2.18. The van der Waals surface area contributed by atoms with E-state index in [1.807, 2.05) is 37.2 Å². The Morgan fingerprint density at radius 2 is 1.83 bits per heavy atom. The number of halogens is 3. The lowest BCUT2D eigenvalue weighted by molar-refractivity contribution is -0.137. The van der Waals surface area contributed by atoms with Crippen LogP contribution in [-0.2, 0) is 28.9 Å². The molecule has 30 heavy (non-hydrogen) atoms. The maximum Gasteiger partial charge on any atom is 0.416 e. The fraction of sp³-hybridized carbons (Fsp3) is 0.364. The van der Waals surface area contributed by atoms with Gasteiger partial charge in [-0.1, -0.05) is 24.3 Å². The number of alkyl halides is 3. The minimum atomic E-state index is -4.44. The van der Waals surface area contributed by atoms with E-state index in [9.17, 15) is 22.8 Å². The predicted octanol–water partition coefficient (Wildman–Crippen LogP) is 3.75. The minimum absolute atomic E-state index is 0.0438. The molecule has 0 unspecified atom stereocenters. The molecular weight excluding hydrogens is 395 g/mol. The monoisotopic (exact) mass is 419 g/mol. The number of carbonyl (C=O) groups excluding carboxylic acids is 2. The highest BCUT2D eigenvalue weighted by Crippen LogP contribution is 2.30. The van der Waals surface area contributed by atoms with Gasteiger partial charge in [0.25, 0.3) is 0 Å². The van der Waals surface area contributed by atoms with E-state index in [4.69, 9.17) is 0 Å². The van der Waals surface area contributed by atoms with Crippen molar-refractivity contribution in [2.45, 2.75) is 25.7 Å². The van der Waals surface area contributed by atoms with Gasteiger partial charge in [0.15, 0.2) is 0 Å². The second-order valence-corrected chi connectivity index (χ2v) is 7.80. The van der Waals surface area contributed by atoms with E-state index in [1.165, 1.54) is 11.0 Å². The summed E-state index contributed by atoms with van der Waals surface area (Å²) < 4.78 is 38.7. The van der Waals surface area contributed by atoms with Gasteiger partial charge < -0.3 is 15.1 Å². The first-order chi connectivity index (χ1) is 14.1. The van der Waals surface area contributed by atoms with E-state index >= 15 is 0 Å². The fourth-order valence-corrected chi connectivity index (χ4v) is 3.52.